The Morgan fingerprint density at radius 1 is 0.403 bits per heavy atom. The number of hydrogen-bond donors (Lipinski definition) is 2. The van der Waals surface area contributed by atoms with Crippen LogP contribution < -0.4 is 14.2 Å². The summed E-state index contributed by atoms with van der Waals surface area (Å²) in [6.45, 7) is 2.08. The minimum absolute atomic E-state index is 0. The molecule has 0 aliphatic rings. The van der Waals surface area contributed by atoms with E-state index in [0.29, 0.717) is 0 Å². The van der Waals surface area contributed by atoms with Gasteiger partial charge in [-0.05, 0) is 117 Å². The first-order valence-electron chi connectivity index (χ1n) is 20.7. The van der Waals surface area contributed by atoms with Crippen LogP contribution in [-0.2, 0) is 40.2 Å². The third kappa shape index (κ3) is 11.8. The zero-order valence-corrected chi connectivity index (χ0v) is 41.7. The van der Waals surface area contributed by atoms with Crippen molar-refractivity contribution in [2.75, 3.05) is 21.3 Å². The molecule has 4 heterocycles. The molecule has 0 saturated heterocycles. The molecule has 0 bridgehead atoms. The molecule has 0 unspecified atom stereocenters. The first-order chi connectivity index (χ1) is 31.8. The Morgan fingerprint density at radius 2 is 0.821 bits per heavy atom. The van der Waals surface area contributed by atoms with E-state index in [1.807, 2.05) is 91.3 Å². The van der Waals surface area contributed by atoms with Crippen LogP contribution in [-0.4, -0.2) is 51.5 Å². The Balaban J connectivity index is 0.000000170. The molecule has 2 N–H and O–H groups in total. The van der Waals surface area contributed by atoms with Gasteiger partial charge in [0.25, 0.3) is 0 Å². The van der Waals surface area contributed by atoms with Gasteiger partial charge in [-0.1, -0.05) is 54.6 Å². The van der Waals surface area contributed by atoms with Crippen molar-refractivity contribution in [2.24, 2.45) is 0 Å². The van der Waals surface area contributed by atoms with E-state index in [-0.39, 0.29) is 63.1 Å². The van der Waals surface area contributed by atoms with E-state index in [1.54, 1.807) is 33.5 Å². The molecule has 0 spiro atoms. The van der Waals surface area contributed by atoms with Crippen LogP contribution in [0.15, 0.2) is 183 Å². The maximum atomic E-state index is 9.47. The average Bonchev–Trinajstić information content (AvgIpc) is 3.36. The van der Waals surface area contributed by atoms with Crippen LogP contribution in [0.3, 0.4) is 0 Å². The Bertz CT molecular complexity index is 3180. The number of rotatable bonds is 8. The predicted octanol–water partition coefficient (Wildman–Crippen LogP) is 12.6. The summed E-state index contributed by atoms with van der Waals surface area (Å²) >= 11 is 0. The van der Waals surface area contributed by atoms with Crippen LogP contribution in [0, 0.1) is 19.1 Å². The molecule has 9 nitrogen and oxygen atoms in total. The van der Waals surface area contributed by atoms with E-state index >= 15 is 0 Å². The van der Waals surface area contributed by atoms with Crippen molar-refractivity contribution in [3.63, 3.8) is 0 Å². The van der Waals surface area contributed by atoms with Crippen molar-refractivity contribution in [1.29, 1.82) is 0 Å². The molecular formula is C56H44Ir2N4O5-2. The number of fused-ring (bicyclic) bond motifs is 2. The second kappa shape index (κ2) is 23.3. The normalized spacial score (nSPS) is 10.3. The fourth-order valence-corrected chi connectivity index (χ4v) is 7.40. The molecule has 6 aromatic carbocycles. The molecule has 0 saturated carbocycles. The predicted molar refractivity (Wildman–Crippen MR) is 258 cm³/mol. The molecule has 338 valence electrons. The number of benzene rings is 6. The van der Waals surface area contributed by atoms with Crippen LogP contribution >= 0.6 is 0 Å². The molecule has 67 heavy (non-hydrogen) atoms. The quantitative estimate of drug-likeness (QED) is 0.143. The monoisotopic (exact) mass is 1240 g/mol. The van der Waals surface area contributed by atoms with Crippen LogP contribution in [0.25, 0.3) is 77.7 Å². The number of aromatic nitrogens is 4. The summed E-state index contributed by atoms with van der Waals surface area (Å²) in [5.74, 6) is 2.39. The van der Waals surface area contributed by atoms with Crippen LogP contribution in [0.2, 0.25) is 0 Å². The van der Waals surface area contributed by atoms with Crippen LogP contribution in [0.4, 0.5) is 0 Å². The van der Waals surface area contributed by atoms with Crippen molar-refractivity contribution in [2.45, 2.75) is 6.92 Å². The van der Waals surface area contributed by atoms with Crippen molar-refractivity contribution >= 4 is 21.5 Å². The second-order valence-corrected chi connectivity index (χ2v) is 14.8. The molecule has 0 aliphatic heterocycles. The summed E-state index contributed by atoms with van der Waals surface area (Å²) in [6, 6.07) is 57.8. The third-order valence-corrected chi connectivity index (χ3v) is 10.6. The number of aromatic hydroxyl groups is 2. The number of aryl methyl sites for hydroxylation is 1. The molecule has 2 radical (unpaired) electrons. The molecule has 4 aromatic heterocycles. The summed E-state index contributed by atoms with van der Waals surface area (Å²) in [5.41, 5.74) is 9.93. The van der Waals surface area contributed by atoms with E-state index in [2.05, 4.69) is 93.6 Å². The summed E-state index contributed by atoms with van der Waals surface area (Å²) in [6.07, 6.45) is 6.76. The largest absolute Gasteiger partial charge is 0.506 e. The Labute approximate surface area is 416 Å². The summed E-state index contributed by atoms with van der Waals surface area (Å²) in [4.78, 5) is 17.1. The first kappa shape index (κ1) is 49.2. The van der Waals surface area contributed by atoms with Gasteiger partial charge in [-0.3, -0.25) is 9.97 Å². The average molecular weight is 1240 g/mol. The van der Waals surface area contributed by atoms with Gasteiger partial charge in [-0.2, -0.15) is 0 Å². The van der Waals surface area contributed by atoms with Gasteiger partial charge in [-0.25, -0.2) is 0 Å². The van der Waals surface area contributed by atoms with E-state index in [1.165, 1.54) is 40.9 Å². The molecule has 10 rings (SSSR count). The van der Waals surface area contributed by atoms with Gasteiger partial charge in [0.15, 0.2) is 0 Å². The van der Waals surface area contributed by atoms with Crippen molar-refractivity contribution in [3.05, 3.63) is 200 Å². The van der Waals surface area contributed by atoms with E-state index in [9.17, 15) is 10.2 Å². The van der Waals surface area contributed by atoms with Crippen molar-refractivity contribution in [3.8, 4) is 84.9 Å². The smallest absolute Gasteiger partial charge is 0.143 e. The van der Waals surface area contributed by atoms with Crippen LogP contribution in [0.1, 0.15) is 5.56 Å². The summed E-state index contributed by atoms with van der Waals surface area (Å²) in [7, 11) is 5.01. The molecule has 0 amide bonds. The molecule has 11 heteroatoms. The topological polar surface area (TPSA) is 120 Å². The van der Waals surface area contributed by atoms with Gasteiger partial charge in [0, 0.05) is 71.1 Å². The maximum Gasteiger partial charge on any atom is 0.143 e. The van der Waals surface area contributed by atoms with Gasteiger partial charge in [-0.15, -0.1) is 70.8 Å². The first-order valence-corrected chi connectivity index (χ1v) is 20.7. The minimum atomic E-state index is 0. The Morgan fingerprint density at radius 3 is 1.27 bits per heavy atom. The van der Waals surface area contributed by atoms with Crippen LogP contribution in [0.5, 0.6) is 28.7 Å². The van der Waals surface area contributed by atoms with E-state index in [4.69, 9.17) is 14.2 Å². The molecule has 0 aliphatic carbocycles. The number of methoxy groups -OCH3 is 3. The minimum Gasteiger partial charge on any atom is -0.506 e. The number of nitrogens with zero attached hydrogens (tertiary/aromatic N) is 4. The van der Waals surface area contributed by atoms with Crippen molar-refractivity contribution in [1.82, 2.24) is 19.9 Å². The van der Waals surface area contributed by atoms with Gasteiger partial charge in [0.1, 0.15) is 40.1 Å². The zero-order chi connectivity index (χ0) is 45.1. The fraction of sp³-hybridized carbons (Fsp3) is 0.0714. The van der Waals surface area contributed by atoms with E-state index in [0.717, 1.165) is 72.8 Å². The SMILES string of the molecule is COc1cc(C)cc(-c2cc[c-]c(-c3nccc4ccccc34)c2)c1.COc1cc(OC)cc(-c2cc[c-]c(-c3nccc4ccccc34)c2)c1.Oc1cccnc1-c1ncccc1O.[Ir].[Ir]. The second-order valence-electron chi connectivity index (χ2n) is 14.8. The number of ether oxygens (including phenoxy) is 3. The van der Waals surface area contributed by atoms with Gasteiger partial charge < -0.3 is 34.4 Å². The zero-order valence-electron chi connectivity index (χ0n) is 36.9. The molecule has 0 fully saturated rings. The molecule has 10 aromatic rings. The molecular weight excluding hydrogens is 1190 g/mol. The standard InChI is InChI=1S/C23H18NO2.C23H18NO.C10H8N2O2.2Ir/c1-25-20-13-19(14-21(15-20)26-2)17-7-5-8-18(12-17)23-22-9-4-3-6-16(22)10-11-24-23;1-16-12-20(15-21(13-16)25-2)18-7-5-8-19(14-18)23-22-9-4-3-6-17(22)10-11-24-23;13-7-3-1-5-11-9(7)10-8(14)4-2-6-12-10;;/h3-7,9-15H,1-2H3;3-7,9-15H,1-2H3;1-6,13-14H;;/q2*-1;;;. The maximum absolute atomic E-state index is 9.47. The Kier molecular flexibility index (Phi) is 17.1. The fourth-order valence-electron chi connectivity index (χ4n) is 7.40. The van der Waals surface area contributed by atoms with E-state index < -0.39 is 0 Å². The van der Waals surface area contributed by atoms with Gasteiger partial charge >= 0.3 is 0 Å². The number of pyridine rings is 4. The third-order valence-electron chi connectivity index (χ3n) is 10.6. The van der Waals surface area contributed by atoms with Crippen molar-refractivity contribution < 1.29 is 64.6 Å². The van der Waals surface area contributed by atoms with Gasteiger partial charge in [0.2, 0.25) is 0 Å². The van der Waals surface area contributed by atoms with Gasteiger partial charge in [0.05, 0.1) is 21.3 Å². The summed E-state index contributed by atoms with van der Waals surface area (Å²) in [5, 5.41) is 23.6. The summed E-state index contributed by atoms with van der Waals surface area (Å²) < 4.78 is 16.2. The Hall–Kier alpha value is -7.26. The molecule has 0 atom stereocenters. The number of hydrogen-bond acceptors (Lipinski definition) is 9.